The first-order chi connectivity index (χ1) is 9.15. The Bertz CT molecular complexity index is 413. The predicted molar refractivity (Wildman–Crippen MR) is 81.6 cm³/mol. The highest BCUT2D eigenvalue weighted by Crippen LogP contribution is 2.27. The van der Waals surface area contributed by atoms with E-state index in [-0.39, 0.29) is 0 Å². The number of hydrogen-bond acceptors (Lipinski definition) is 1. The highest BCUT2D eigenvalue weighted by atomic mass is 14.2. The topological polar surface area (TPSA) is 23.8 Å². The van der Waals surface area contributed by atoms with E-state index < -0.39 is 0 Å². The van der Waals surface area contributed by atoms with Gasteiger partial charge in [-0.1, -0.05) is 57.2 Å². The van der Waals surface area contributed by atoms with Gasteiger partial charge in [0.1, 0.15) is 0 Å². The molecule has 0 spiro atoms. The fraction of sp³-hybridized carbons (Fsp3) is 0.500. The molecule has 1 aromatic rings. The van der Waals surface area contributed by atoms with Gasteiger partial charge >= 0.3 is 0 Å². The Morgan fingerprint density at radius 1 is 1.11 bits per heavy atom. The zero-order valence-electron chi connectivity index (χ0n) is 12.3. The number of nitrogens with zero attached hydrogens (tertiary/aromatic N) is 1. The molecule has 0 aliphatic carbocycles. The second kappa shape index (κ2) is 8.53. The summed E-state index contributed by atoms with van der Waals surface area (Å²) >= 11 is 0. The lowest BCUT2D eigenvalue weighted by Crippen LogP contribution is -2.18. The molecule has 0 heterocycles. The molecule has 0 amide bonds. The second-order valence-corrected chi connectivity index (χ2v) is 5.61. The number of hydrogen-bond donors (Lipinski definition) is 0. The van der Waals surface area contributed by atoms with Gasteiger partial charge in [0, 0.05) is 6.08 Å². The largest absolute Gasteiger partial charge is 0.193 e. The maximum Gasteiger partial charge on any atom is 0.0908 e. The van der Waals surface area contributed by atoms with Crippen molar-refractivity contribution in [3.63, 3.8) is 0 Å². The maximum absolute atomic E-state index is 8.46. The van der Waals surface area contributed by atoms with E-state index in [0.717, 1.165) is 12.8 Å². The van der Waals surface area contributed by atoms with Crippen LogP contribution in [0.5, 0.6) is 0 Å². The van der Waals surface area contributed by atoms with Crippen molar-refractivity contribution in [1.82, 2.24) is 0 Å². The monoisotopic (exact) mass is 255 g/mol. The molecule has 1 nitrogen and oxygen atoms in total. The van der Waals surface area contributed by atoms with E-state index in [9.17, 15) is 0 Å². The number of rotatable bonds is 7. The van der Waals surface area contributed by atoms with Crippen molar-refractivity contribution in [3.8, 4) is 6.07 Å². The fourth-order valence-electron chi connectivity index (χ4n) is 2.49. The van der Waals surface area contributed by atoms with E-state index >= 15 is 0 Å². The summed E-state index contributed by atoms with van der Waals surface area (Å²) in [5.74, 6) is 2.09. The maximum atomic E-state index is 8.46. The third-order valence-corrected chi connectivity index (χ3v) is 4.18. The molecule has 0 bridgehead atoms. The molecular weight excluding hydrogens is 230 g/mol. The van der Waals surface area contributed by atoms with E-state index in [1.807, 2.05) is 12.1 Å². The minimum absolute atomic E-state index is 0.692. The molecule has 3 unspecified atom stereocenters. The predicted octanol–water partition coefficient (Wildman–Crippen LogP) is 5.00. The Labute approximate surface area is 118 Å². The SMILES string of the molecule is CC(CC/C=C/C#N)C(C)C(C)Cc1ccccc1. The Balaban J connectivity index is 2.41. The van der Waals surface area contributed by atoms with Crippen LogP contribution in [0.15, 0.2) is 42.5 Å². The zero-order valence-corrected chi connectivity index (χ0v) is 12.3. The second-order valence-electron chi connectivity index (χ2n) is 5.61. The molecule has 1 rings (SSSR count). The quantitative estimate of drug-likeness (QED) is 0.629. The standard InChI is InChI=1S/C18H25N/c1-15(10-6-5-9-13-19)17(3)16(2)14-18-11-7-4-8-12-18/h4-5,7-9,11-12,15-17H,6,10,14H2,1-3H3/b9-5+. The van der Waals surface area contributed by atoms with Gasteiger partial charge in [-0.25, -0.2) is 0 Å². The van der Waals surface area contributed by atoms with Crippen molar-refractivity contribution in [2.45, 2.75) is 40.0 Å². The van der Waals surface area contributed by atoms with Crippen molar-refractivity contribution >= 4 is 0 Å². The molecule has 1 heteroatoms. The molecule has 0 saturated carbocycles. The Morgan fingerprint density at radius 3 is 2.42 bits per heavy atom. The lowest BCUT2D eigenvalue weighted by atomic mass is 9.80. The summed E-state index contributed by atoms with van der Waals surface area (Å²) in [7, 11) is 0. The van der Waals surface area contributed by atoms with Gasteiger partial charge < -0.3 is 0 Å². The van der Waals surface area contributed by atoms with Crippen molar-refractivity contribution in [2.24, 2.45) is 17.8 Å². The molecular formula is C18H25N. The van der Waals surface area contributed by atoms with Gasteiger partial charge in [-0.2, -0.15) is 5.26 Å². The first-order valence-corrected chi connectivity index (χ1v) is 7.23. The summed E-state index contributed by atoms with van der Waals surface area (Å²) in [4.78, 5) is 0. The Kier molecular flexibility index (Phi) is 6.97. The smallest absolute Gasteiger partial charge is 0.0908 e. The number of nitriles is 1. The molecule has 0 fully saturated rings. The molecule has 0 aromatic heterocycles. The van der Waals surface area contributed by atoms with Crippen molar-refractivity contribution in [3.05, 3.63) is 48.0 Å². The average molecular weight is 255 g/mol. The van der Waals surface area contributed by atoms with Crippen LogP contribution >= 0.6 is 0 Å². The average Bonchev–Trinajstić information content (AvgIpc) is 2.43. The van der Waals surface area contributed by atoms with E-state index in [1.54, 1.807) is 6.08 Å². The highest BCUT2D eigenvalue weighted by Gasteiger charge is 2.18. The van der Waals surface area contributed by atoms with E-state index in [4.69, 9.17) is 5.26 Å². The first kappa shape index (κ1) is 15.5. The zero-order chi connectivity index (χ0) is 14.1. The molecule has 3 atom stereocenters. The summed E-state index contributed by atoms with van der Waals surface area (Å²) in [6, 6.07) is 12.8. The van der Waals surface area contributed by atoms with Gasteiger partial charge in [0.2, 0.25) is 0 Å². The molecule has 102 valence electrons. The summed E-state index contributed by atoms with van der Waals surface area (Å²) in [5, 5.41) is 8.46. The first-order valence-electron chi connectivity index (χ1n) is 7.23. The number of allylic oxidation sites excluding steroid dienone is 2. The van der Waals surface area contributed by atoms with Gasteiger partial charge in [0.25, 0.3) is 0 Å². The van der Waals surface area contributed by atoms with Crippen molar-refractivity contribution in [1.29, 1.82) is 5.26 Å². The lowest BCUT2D eigenvalue weighted by Gasteiger charge is -2.26. The van der Waals surface area contributed by atoms with Gasteiger partial charge in [0.05, 0.1) is 6.07 Å². The third-order valence-electron chi connectivity index (χ3n) is 4.18. The highest BCUT2D eigenvalue weighted by molar-refractivity contribution is 5.15. The van der Waals surface area contributed by atoms with Gasteiger partial charge in [-0.15, -0.1) is 0 Å². The van der Waals surface area contributed by atoms with Crippen LogP contribution in [0, 0.1) is 29.1 Å². The number of benzene rings is 1. The van der Waals surface area contributed by atoms with Crippen LogP contribution in [0.4, 0.5) is 0 Å². The molecule has 0 aliphatic rings. The minimum Gasteiger partial charge on any atom is -0.193 e. The van der Waals surface area contributed by atoms with E-state index in [2.05, 4.69) is 51.1 Å². The molecule has 0 saturated heterocycles. The van der Waals surface area contributed by atoms with Gasteiger partial charge in [0.15, 0.2) is 0 Å². The van der Waals surface area contributed by atoms with Gasteiger partial charge in [-0.3, -0.25) is 0 Å². The lowest BCUT2D eigenvalue weighted by molar-refractivity contribution is 0.266. The van der Waals surface area contributed by atoms with Crippen LogP contribution in [-0.4, -0.2) is 0 Å². The van der Waals surface area contributed by atoms with Crippen molar-refractivity contribution in [2.75, 3.05) is 0 Å². The Hall–Kier alpha value is -1.55. The molecule has 0 radical (unpaired) electrons. The molecule has 0 aliphatic heterocycles. The summed E-state index contributed by atoms with van der Waals surface area (Å²) in [5.41, 5.74) is 1.43. The molecule has 19 heavy (non-hydrogen) atoms. The normalized spacial score (nSPS) is 15.9. The Morgan fingerprint density at radius 2 is 1.79 bits per heavy atom. The summed E-state index contributed by atoms with van der Waals surface area (Å²) in [6.45, 7) is 7.03. The summed E-state index contributed by atoms with van der Waals surface area (Å²) < 4.78 is 0. The fourth-order valence-corrected chi connectivity index (χ4v) is 2.49. The van der Waals surface area contributed by atoms with E-state index in [0.29, 0.717) is 17.8 Å². The molecule has 0 N–H and O–H groups in total. The van der Waals surface area contributed by atoms with Crippen LogP contribution < -0.4 is 0 Å². The van der Waals surface area contributed by atoms with Crippen LogP contribution in [0.25, 0.3) is 0 Å². The minimum atomic E-state index is 0.692. The van der Waals surface area contributed by atoms with E-state index in [1.165, 1.54) is 12.0 Å². The molecule has 1 aromatic carbocycles. The van der Waals surface area contributed by atoms with Gasteiger partial charge in [-0.05, 0) is 42.6 Å². The summed E-state index contributed by atoms with van der Waals surface area (Å²) in [6.07, 6.45) is 6.89. The van der Waals surface area contributed by atoms with Crippen LogP contribution in [0.2, 0.25) is 0 Å². The van der Waals surface area contributed by atoms with Crippen LogP contribution in [0.1, 0.15) is 39.2 Å². The van der Waals surface area contributed by atoms with Crippen LogP contribution in [-0.2, 0) is 6.42 Å². The van der Waals surface area contributed by atoms with Crippen molar-refractivity contribution < 1.29 is 0 Å². The third kappa shape index (κ3) is 5.75. The van der Waals surface area contributed by atoms with Crippen LogP contribution in [0.3, 0.4) is 0 Å².